The molecule has 150 valence electrons. The number of anilines is 1. The van der Waals surface area contributed by atoms with Gasteiger partial charge in [0.2, 0.25) is 5.91 Å². The summed E-state index contributed by atoms with van der Waals surface area (Å²) in [5.41, 5.74) is 5.28. The Bertz CT molecular complexity index is 981. The molecule has 3 rings (SSSR count). The Labute approximate surface area is 181 Å². The number of amides is 2. The summed E-state index contributed by atoms with van der Waals surface area (Å²) in [4.78, 5) is 27.1. The number of benzene rings is 2. The molecule has 1 saturated heterocycles. The quantitative estimate of drug-likeness (QED) is 0.509. The van der Waals surface area contributed by atoms with Crippen LogP contribution in [0.15, 0.2) is 47.4 Å². The summed E-state index contributed by atoms with van der Waals surface area (Å²) in [7, 11) is 0. The van der Waals surface area contributed by atoms with E-state index in [1.54, 1.807) is 4.90 Å². The molecule has 0 spiro atoms. The molecule has 1 heterocycles. The monoisotopic (exact) mass is 424 g/mol. The van der Waals surface area contributed by atoms with Gasteiger partial charge in [0, 0.05) is 18.7 Å². The van der Waals surface area contributed by atoms with Crippen molar-refractivity contribution < 1.29 is 9.59 Å². The molecule has 0 aliphatic carbocycles. The molecule has 2 aromatic rings. The van der Waals surface area contributed by atoms with Crippen LogP contribution >= 0.6 is 24.0 Å². The molecule has 0 unspecified atom stereocenters. The molecule has 0 bridgehead atoms. The molecule has 1 N–H and O–H groups in total. The molecule has 2 aromatic carbocycles. The zero-order valence-corrected chi connectivity index (χ0v) is 18.5. The number of rotatable bonds is 6. The van der Waals surface area contributed by atoms with Crippen molar-refractivity contribution in [1.82, 2.24) is 4.90 Å². The van der Waals surface area contributed by atoms with Crippen LogP contribution in [0.5, 0.6) is 0 Å². The first-order chi connectivity index (χ1) is 13.8. The van der Waals surface area contributed by atoms with Gasteiger partial charge in [0.05, 0.1) is 4.91 Å². The molecule has 2 amide bonds. The Morgan fingerprint density at radius 2 is 1.83 bits per heavy atom. The van der Waals surface area contributed by atoms with E-state index in [0.29, 0.717) is 28.6 Å². The molecule has 1 fully saturated rings. The van der Waals surface area contributed by atoms with Crippen LogP contribution in [0.25, 0.3) is 6.08 Å². The highest BCUT2D eigenvalue weighted by atomic mass is 32.2. The summed E-state index contributed by atoms with van der Waals surface area (Å²) in [5.74, 6) is -0.149. The first-order valence-electron chi connectivity index (χ1n) is 9.52. The van der Waals surface area contributed by atoms with Gasteiger partial charge in [-0.25, -0.2) is 0 Å². The normalized spacial score (nSPS) is 15.3. The van der Waals surface area contributed by atoms with Crippen LogP contribution in [0.4, 0.5) is 5.69 Å². The number of carbonyl (C=O) groups excluding carboxylic acids is 2. The number of nitrogens with one attached hydrogen (secondary N) is 1. The maximum atomic E-state index is 12.7. The average molecular weight is 425 g/mol. The average Bonchev–Trinajstić information content (AvgIpc) is 2.94. The van der Waals surface area contributed by atoms with E-state index in [4.69, 9.17) is 12.2 Å². The molecule has 1 aliphatic rings. The predicted molar refractivity (Wildman–Crippen MR) is 125 cm³/mol. The molecule has 6 heteroatoms. The molecular formula is C23H24N2O2S2. The van der Waals surface area contributed by atoms with Gasteiger partial charge in [0.25, 0.3) is 5.91 Å². The third-order valence-corrected chi connectivity index (χ3v) is 6.20. The zero-order valence-electron chi connectivity index (χ0n) is 16.8. The lowest BCUT2D eigenvalue weighted by molar-refractivity contribution is -0.122. The van der Waals surface area contributed by atoms with Gasteiger partial charge in [-0.2, -0.15) is 0 Å². The summed E-state index contributed by atoms with van der Waals surface area (Å²) < 4.78 is 0.544. The number of hydrogen-bond acceptors (Lipinski definition) is 4. The van der Waals surface area contributed by atoms with Crippen LogP contribution in [-0.4, -0.2) is 27.6 Å². The molecule has 0 atom stereocenters. The third-order valence-electron chi connectivity index (χ3n) is 4.82. The molecule has 29 heavy (non-hydrogen) atoms. The minimum absolute atomic E-state index is 0.0612. The first-order valence-corrected chi connectivity index (χ1v) is 10.7. The van der Waals surface area contributed by atoms with Crippen LogP contribution in [0.3, 0.4) is 0 Å². The fourth-order valence-electron chi connectivity index (χ4n) is 2.95. The second kappa shape index (κ2) is 9.37. The largest absolute Gasteiger partial charge is 0.326 e. The van der Waals surface area contributed by atoms with Crippen LogP contribution in [0.2, 0.25) is 0 Å². The van der Waals surface area contributed by atoms with E-state index in [1.807, 2.05) is 69.3 Å². The van der Waals surface area contributed by atoms with Crippen LogP contribution in [0.1, 0.15) is 35.1 Å². The third kappa shape index (κ3) is 5.55. The van der Waals surface area contributed by atoms with Gasteiger partial charge in [0.1, 0.15) is 4.32 Å². The fourth-order valence-corrected chi connectivity index (χ4v) is 4.26. The van der Waals surface area contributed by atoms with E-state index in [0.717, 1.165) is 16.8 Å². The van der Waals surface area contributed by atoms with Crippen LogP contribution in [0, 0.1) is 20.8 Å². The lowest BCUT2D eigenvalue weighted by Gasteiger charge is -2.14. The van der Waals surface area contributed by atoms with E-state index in [1.165, 1.54) is 22.9 Å². The van der Waals surface area contributed by atoms with E-state index < -0.39 is 0 Å². The highest BCUT2D eigenvalue weighted by Crippen LogP contribution is 2.32. The van der Waals surface area contributed by atoms with Crippen molar-refractivity contribution in [2.24, 2.45) is 0 Å². The van der Waals surface area contributed by atoms with Gasteiger partial charge in [-0.05, 0) is 62.1 Å². The van der Waals surface area contributed by atoms with Gasteiger partial charge < -0.3 is 5.32 Å². The van der Waals surface area contributed by atoms with Crippen molar-refractivity contribution in [2.75, 3.05) is 11.9 Å². The van der Waals surface area contributed by atoms with Crippen molar-refractivity contribution in [1.29, 1.82) is 0 Å². The Morgan fingerprint density at radius 3 is 2.52 bits per heavy atom. The Balaban J connectivity index is 1.53. The number of nitrogens with zero attached hydrogens (tertiary/aromatic N) is 1. The van der Waals surface area contributed by atoms with Gasteiger partial charge in [-0.1, -0.05) is 59.9 Å². The van der Waals surface area contributed by atoms with Crippen molar-refractivity contribution in [3.8, 4) is 0 Å². The predicted octanol–water partition coefficient (Wildman–Crippen LogP) is 5.23. The summed E-state index contributed by atoms with van der Waals surface area (Å²) in [6.07, 6.45) is 2.76. The second-order valence-electron chi connectivity index (χ2n) is 7.19. The molecule has 4 nitrogen and oxygen atoms in total. The lowest BCUT2D eigenvalue weighted by atomic mass is 10.1. The van der Waals surface area contributed by atoms with Crippen LogP contribution < -0.4 is 5.32 Å². The summed E-state index contributed by atoms with van der Waals surface area (Å²) >= 11 is 6.68. The molecule has 0 saturated carbocycles. The second-order valence-corrected chi connectivity index (χ2v) is 8.87. The van der Waals surface area contributed by atoms with Gasteiger partial charge >= 0.3 is 0 Å². The highest BCUT2D eigenvalue weighted by molar-refractivity contribution is 8.26. The first kappa shape index (κ1) is 21.3. The molecule has 0 radical (unpaired) electrons. The molecule has 1 aliphatic heterocycles. The lowest BCUT2D eigenvalue weighted by Crippen LogP contribution is -2.29. The summed E-state index contributed by atoms with van der Waals surface area (Å²) in [6.45, 7) is 6.52. The Hall–Kier alpha value is -2.44. The van der Waals surface area contributed by atoms with Crippen molar-refractivity contribution in [2.45, 2.75) is 33.6 Å². The fraction of sp³-hybridized carbons (Fsp3) is 0.261. The van der Waals surface area contributed by atoms with E-state index in [-0.39, 0.29) is 11.8 Å². The summed E-state index contributed by atoms with van der Waals surface area (Å²) in [6, 6.07) is 13.9. The van der Waals surface area contributed by atoms with Crippen LogP contribution in [-0.2, 0) is 9.59 Å². The van der Waals surface area contributed by atoms with Gasteiger partial charge in [-0.3, -0.25) is 14.5 Å². The SMILES string of the molecule is Cc1ccc(C=C2SC(=S)N(CCCC(=O)Nc3ccc(C)c(C)c3)C2=O)cc1. The number of thioether (sulfide) groups is 1. The minimum atomic E-state index is -0.0878. The maximum Gasteiger partial charge on any atom is 0.266 e. The van der Waals surface area contributed by atoms with Gasteiger partial charge in [0.15, 0.2) is 0 Å². The highest BCUT2D eigenvalue weighted by Gasteiger charge is 2.31. The summed E-state index contributed by atoms with van der Waals surface area (Å²) in [5, 5.41) is 2.91. The molecular weight excluding hydrogens is 400 g/mol. The number of aryl methyl sites for hydroxylation is 3. The van der Waals surface area contributed by atoms with Gasteiger partial charge in [-0.15, -0.1) is 0 Å². The maximum absolute atomic E-state index is 12.7. The van der Waals surface area contributed by atoms with Crippen molar-refractivity contribution >= 4 is 51.9 Å². The standard InChI is InChI=1S/C23H24N2O2S2/c1-15-6-9-18(10-7-15)14-20-22(27)25(23(28)29-20)12-4-5-21(26)24-19-11-8-16(2)17(3)13-19/h6-11,13-14H,4-5,12H2,1-3H3,(H,24,26). The number of carbonyl (C=O) groups is 2. The number of thiocarbonyl (C=S) groups is 1. The Kier molecular flexibility index (Phi) is 6.87. The zero-order chi connectivity index (χ0) is 21.0. The molecule has 0 aromatic heterocycles. The number of hydrogen-bond donors (Lipinski definition) is 1. The van der Waals surface area contributed by atoms with Crippen molar-refractivity contribution in [3.05, 3.63) is 69.6 Å². The van der Waals surface area contributed by atoms with E-state index in [9.17, 15) is 9.59 Å². The van der Waals surface area contributed by atoms with Crippen molar-refractivity contribution in [3.63, 3.8) is 0 Å². The van der Waals surface area contributed by atoms with E-state index >= 15 is 0 Å². The smallest absolute Gasteiger partial charge is 0.266 e. The van der Waals surface area contributed by atoms with E-state index in [2.05, 4.69) is 5.32 Å². The minimum Gasteiger partial charge on any atom is -0.326 e. The Morgan fingerprint density at radius 1 is 1.10 bits per heavy atom. The topological polar surface area (TPSA) is 49.4 Å².